The van der Waals surface area contributed by atoms with Gasteiger partial charge in [0.05, 0.1) is 5.69 Å². The van der Waals surface area contributed by atoms with Crippen LogP contribution in [0.1, 0.15) is 60.4 Å². The average Bonchev–Trinajstić information content (AvgIpc) is 3.35. The van der Waals surface area contributed by atoms with Crippen LogP contribution in [0.2, 0.25) is 0 Å². The lowest BCUT2D eigenvalue weighted by molar-refractivity contribution is 0.0683. The van der Waals surface area contributed by atoms with E-state index in [9.17, 15) is 4.79 Å². The van der Waals surface area contributed by atoms with Crippen LogP contribution in [-0.4, -0.2) is 46.8 Å². The largest absolute Gasteiger partial charge is 0.337 e. The predicted octanol–water partition coefficient (Wildman–Crippen LogP) is 3.39. The van der Waals surface area contributed by atoms with Gasteiger partial charge in [0.15, 0.2) is 5.69 Å². The summed E-state index contributed by atoms with van der Waals surface area (Å²) in [4.78, 5) is 15.3. The van der Waals surface area contributed by atoms with Gasteiger partial charge in [-0.25, -0.2) is 4.68 Å². The molecule has 0 saturated carbocycles. The van der Waals surface area contributed by atoms with Crippen LogP contribution in [0, 0.1) is 5.92 Å². The molecule has 4 rings (SSSR count). The summed E-state index contributed by atoms with van der Waals surface area (Å²) in [6.45, 7) is 8.09. The van der Waals surface area contributed by atoms with Crippen molar-refractivity contribution >= 4 is 5.91 Å². The minimum Gasteiger partial charge on any atom is -0.337 e. The van der Waals surface area contributed by atoms with E-state index in [-0.39, 0.29) is 5.91 Å². The second kappa shape index (κ2) is 8.48. The maximum Gasteiger partial charge on any atom is 0.274 e. The molecule has 1 aliphatic heterocycles. The molecular formula is C23H32N4O. The molecule has 2 aromatic rings. The number of aryl methyl sites for hydroxylation is 1. The molecule has 1 saturated heterocycles. The third-order valence-corrected chi connectivity index (χ3v) is 6.31. The van der Waals surface area contributed by atoms with Gasteiger partial charge in [0, 0.05) is 24.3 Å². The van der Waals surface area contributed by atoms with Crippen LogP contribution in [0.5, 0.6) is 0 Å². The highest BCUT2D eigenvalue weighted by atomic mass is 16.2. The minimum absolute atomic E-state index is 0.129. The monoisotopic (exact) mass is 380 g/mol. The molecule has 1 amide bonds. The number of hydrogen-bond acceptors (Lipinski definition) is 3. The summed E-state index contributed by atoms with van der Waals surface area (Å²) in [6.07, 6.45) is 6.30. The van der Waals surface area contributed by atoms with E-state index in [1.54, 1.807) is 0 Å². The maximum atomic E-state index is 13.3. The molecule has 0 spiro atoms. The van der Waals surface area contributed by atoms with Gasteiger partial charge in [-0.1, -0.05) is 26.0 Å². The zero-order chi connectivity index (χ0) is 19.5. The van der Waals surface area contributed by atoms with Crippen LogP contribution >= 0.6 is 0 Å². The van der Waals surface area contributed by atoms with Crippen molar-refractivity contribution in [3.63, 3.8) is 0 Å². The highest BCUT2D eigenvalue weighted by Crippen LogP contribution is 2.29. The van der Waals surface area contributed by atoms with E-state index in [0.717, 1.165) is 70.4 Å². The Morgan fingerprint density at radius 2 is 1.89 bits per heavy atom. The molecule has 0 bridgehead atoms. The lowest BCUT2D eigenvalue weighted by atomic mass is 9.96. The van der Waals surface area contributed by atoms with Crippen LogP contribution in [0.15, 0.2) is 24.3 Å². The molecule has 150 valence electrons. The summed E-state index contributed by atoms with van der Waals surface area (Å²) in [5.74, 6) is 0.813. The van der Waals surface area contributed by atoms with E-state index in [0.29, 0.717) is 11.6 Å². The first-order valence-electron chi connectivity index (χ1n) is 10.9. The Labute approximate surface area is 168 Å². The van der Waals surface area contributed by atoms with E-state index >= 15 is 0 Å². The van der Waals surface area contributed by atoms with Gasteiger partial charge in [0.1, 0.15) is 0 Å². The van der Waals surface area contributed by atoms with Crippen molar-refractivity contribution in [3.05, 3.63) is 46.8 Å². The molecule has 5 heteroatoms. The Kier molecular flexibility index (Phi) is 5.81. The number of likely N-dealkylation sites (tertiary alicyclic amines) is 1. The summed E-state index contributed by atoms with van der Waals surface area (Å²) in [5, 5.41) is 8.25. The van der Waals surface area contributed by atoms with E-state index in [1.807, 2.05) is 9.58 Å². The normalized spacial score (nSPS) is 17.1. The number of piperidine rings is 1. The zero-order valence-corrected chi connectivity index (χ0v) is 17.2. The number of rotatable bonds is 6. The Hall–Kier alpha value is -2.14. The molecule has 1 aliphatic carbocycles. The van der Waals surface area contributed by atoms with Crippen molar-refractivity contribution in [2.45, 2.75) is 52.4 Å². The van der Waals surface area contributed by atoms with Crippen LogP contribution in [0.25, 0.3) is 5.69 Å². The second-order valence-electron chi connectivity index (χ2n) is 8.10. The number of amides is 1. The molecule has 2 aliphatic rings. The summed E-state index contributed by atoms with van der Waals surface area (Å²) in [7, 11) is 0. The molecule has 0 atom stereocenters. The van der Waals surface area contributed by atoms with Gasteiger partial charge in [-0.05, 0) is 75.2 Å². The summed E-state index contributed by atoms with van der Waals surface area (Å²) < 4.78 is 2.02. The number of nitrogens with zero attached hydrogens (tertiary/aromatic N) is 3. The smallest absolute Gasteiger partial charge is 0.274 e. The van der Waals surface area contributed by atoms with Crippen LogP contribution < -0.4 is 5.32 Å². The van der Waals surface area contributed by atoms with Crippen molar-refractivity contribution in [1.82, 2.24) is 20.0 Å². The molecule has 0 unspecified atom stereocenters. The van der Waals surface area contributed by atoms with Gasteiger partial charge in [0.2, 0.25) is 0 Å². The number of carbonyl (C=O) groups is 1. The van der Waals surface area contributed by atoms with E-state index < -0.39 is 0 Å². The third kappa shape index (κ3) is 3.72. The number of hydrogen-bond donors (Lipinski definition) is 1. The molecule has 0 radical (unpaired) electrons. The lowest BCUT2D eigenvalue weighted by Gasteiger charge is -2.31. The van der Waals surface area contributed by atoms with Crippen LogP contribution in [-0.2, 0) is 19.3 Å². The molecule has 5 nitrogen and oxygen atoms in total. The lowest BCUT2D eigenvalue weighted by Crippen LogP contribution is -2.41. The first-order valence-corrected chi connectivity index (χ1v) is 10.9. The van der Waals surface area contributed by atoms with Crippen molar-refractivity contribution in [2.75, 3.05) is 26.2 Å². The van der Waals surface area contributed by atoms with Crippen molar-refractivity contribution in [3.8, 4) is 5.69 Å². The van der Waals surface area contributed by atoms with Gasteiger partial charge < -0.3 is 10.2 Å². The molecule has 1 N–H and O–H groups in total. The number of carbonyl (C=O) groups excluding carboxylic acids is 1. The quantitative estimate of drug-likeness (QED) is 0.836. The first-order chi connectivity index (χ1) is 13.7. The predicted molar refractivity (Wildman–Crippen MR) is 112 cm³/mol. The van der Waals surface area contributed by atoms with E-state index in [1.165, 1.54) is 16.8 Å². The molecule has 1 fully saturated rings. The third-order valence-electron chi connectivity index (χ3n) is 6.31. The molecule has 1 aromatic carbocycles. The number of aromatic nitrogens is 2. The van der Waals surface area contributed by atoms with E-state index in [2.05, 4.69) is 43.4 Å². The highest BCUT2D eigenvalue weighted by molar-refractivity contribution is 5.94. The Morgan fingerprint density at radius 3 is 2.57 bits per heavy atom. The summed E-state index contributed by atoms with van der Waals surface area (Å²) in [6, 6.07) is 8.58. The highest BCUT2D eigenvalue weighted by Gasteiger charge is 2.31. The molecular weight excluding hydrogens is 348 g/mol. The number of fused-ring (bicyclic) bond motifs is 1. The topological polar surface area (TPSA) is 50.2 Å². The van der Waals surface area contributed by atoms with E-state index in [4.69, 9.17) is 5.10 Å². The van der Waals surface area contributed by atoms with Crippen molar-refractivity contribution in [1.29, 1.82) is 0 Å². The van der Waals surface area contributed by atoms with Gasteiger partial charge >= 0.3 is 0 Å². The fourth-order valence-electron chi connectivity index (χ4n) is 4.53. The zero-order valence-electron chi connectivity index (χ0n) is 17.2. The fourth-order valence-corrected chi connectivity index (χ4v) is 4.53. The Morgan fingerprint density at radius 1 is 1.14 bits per heavy atom. The SMILES string of the molecule is CCNCC1CCN(C(=O)c2nn(-c3ccc(CC)cc3)c3c2CCC3)CC1. The van der Waals surface area contributed by atoms with Crippen LogP contribution in [0.4, 0.5) is 0 Å². The number of benzene rings is 1. The van der Waals surface area contributed by atoms with Gasteiger partial charge in [-0.2, -0.15) is 5.10 Å². The minimum atomic E-state index is 0.129. The number of nitrogens with one attached hydrogen (secondary N) is 1. The fraction of sp³-hybridized carbons (Fsp3) is 0.565. The summed E-state index contributed by atoms with van der Waals surface area (Å²) >= 11 is 0. The summed E-state index contributed by atoms with van der Waals surface area (Å²) in [5.41, 5.74) is 5.49. The van der Waals surface area contributed by atoms with Gasteiger partial charge in [0.25, 0.3) is 5.91 Å². The Bertz CT molecular complexity index is 816. The molecule has 1 aromatic heterocycles. The molecule has 28 heavy (non-hydrogen) atoms. The van der Waals surface area contributed by atoms with Crippen LogP contribution in [0.3, 0.4) is 0 Å². The van der Waals surface area contributed by atoms with Gasteiger partial charge in [-0.3, -0.25) is 4.79 Å². The van der Waals surface area contributed by atoms with Gasteiger partial charge in [-0.15, -0.1) is 0 Å². The standard InChI is InChI=1S/C23H32N4O/c1-3-17-8-10-19(11-9-17)27-21-7-5-6-20(21)22(25-27)23(28)26-14-12-18(13-15-26)16-24-4-2/h8-11,18,24H,3-7,12-16H2,1-2H3. The maximum absolute atomic E-state index is 13.3. The second-order valence-corrected chi connectivity index (χ2v) is 8.10. The molecule has 2 heterocycles. The van der Waals surface area contributed by atoms with Crippen molar-refractivity contribution in [2.24, 2.45) is 5.92 Å². The first kappa shape index (κ1) is 19.2. The van der Waals surface area contributed by atoms with Crippen molar-refractivity contribution < 1.29 is 4.79 Å². The Balaban J connectivity index is 1.53. The average molecular weight is 381 g/mol.